The molecule has 1 saturated carbocycles. The summed E-state index contributed by atoms with van der Waals surface area (Å²) < 4.78 is 11.1. The summed E-state index contributed by atoms with van der Waals surface area (Å²) >= 11 is 0. The maximum atomic E-state index is 5.98. The number of hydrogen-bond donors (Lipinski definition) is 2. The summed E-state index contributed by atoms with van der Waals surface area (Å²) in [6, 6.07) is 16.6. The Morgan fingerprint density at radius 1 is 1.00 bits per heavy atom. The molecule has 5 heteroatoms. The standard InChI is InChI=1S/C22H29N3O2/c1-23-22(24-13-17-7-9-18(10-8-17)15-26-2)25-14-20-5-3-4-6-21(20)27-16-19-11-12-19/h3-10,19H,11-16H2,1-2H3,(H2,23,24,25). The van der Waals surface area contributed by atoms with Gasteiger partial charge in [-0.2, -0.15) is 0 Å². The molecule has 2 N–H and O–H groups in total. The SMILES string of the molecule is CN=C(NCc1ccc(COC)cc1)NCc1ccccc1OCC1CC1. The number of nitrogens with one attached hydrogen (secondary N) is 2. The van der Waals surface area contributed by atoms with Crippen LogP contribution in [0.1, 0.15) is 29.5 Å². The first kappa shape index (κ1) is 19.2. The van der Waals surface area contributed by atoms with E-state index in [4.69, 9.17) is 9.47 Å². The average molecular weight is 367 g/mol. The van der Waals surface area contributed by atoms with E-state index in [0.717, 1.165) is 29.8 Å². The third-order valence-corrected chi connectivity index (χ3v) is 4.61. The van der Waals surface area contributed by atoms with Gasteiger partial charge in [-0.1, -0.05) is 42.5 Å². The van der Waals surface area contributed by atoms with Crippen LogP contribution in [0.3, 0.4) is 0 Å². The second-order valence-corrected chi connectivity index (χ2v) is 6.89. The molecular formula is C22H29N3O2. The molecule has 1 fully saturated rings. The Bertz CT molecular complexity index is 739. The monoisotopic (exact) mass is 367 g/mol. The summed E-state index contributed by atoms with van der Waals surface area (Å²) in [5.41, 5.74) is 3.52. The van der Waals surface area contributed by atoms with Gasteiger partial charge in [0.15, 0.2) is 5.96 Å². The third-order valence-electron chi connectivity index (χ3n) is 4.61. The largest absolute Gasteiger partial charge is 0.493 e. The number of benzene rings is 2. The molecule has 0 heterocycles. The molecular weight excluding hydrogens is 338 g/mol. The van der Waals surface area contributed by atoms with E-state index in [1.165, 1.54) is 24.0 Å². The zero-order valence-corrected chi connectivity index (χ0v) is 16.2. The maximum Gasteiger partial charge on any atom is 0.191 e. The molecule has 0 bridgehead atoms. The van der Waals surface area contributed by atoms with Crippen molar-refractivity contribution in [3.8, 4) is 5.75 Å². The summed E-state index contributed by atoms with van der Waals surface area (Å²) in [4.78, 5) is 4.31. The van der Waals surface area contributed by atoms with Crippen molar-refractivity contribution >= 4 is 5.96 Å². The van der Waals surface area contributed by atoms with Crippen molar-refractivity contribution in [3.63, 3.8) is 0 Å². The van der Waals surface area contributed by atoms with Gasteiger partial charge in [0.1, 0.15) is 5.75 Å². The predicted octanol–water partition coefficient (Wildman–Crippen LogP) is 3.49. The fraction of sp³-hybridized carbons (Fsp3) is 0.409. The molecule has 0 amide bonds. The van der Waals surface area contributed by atoms with Crippen molar-refractivity contribution in [2.45, 2.75) is 32.5 Å². The van der Waals surface area contributed by atoms with Crippen LogP contribution in [0.5, 0.6) is 5.75 Å². The van der Waals surface area contributed by atoms with E-state index in [0.29, 0.717) is 19.7 Å². The minimum atomic E-state index is 0.638. The number of ether oxygens (including phenoxy) is 2. The zero-order valence-electron chi connectivity index (χ0n) is 16.2. The molecule has 0 radical (unpaired) electrons. The Labute approximate surface area is 161 Å². The molecule has 0 spiro atoms. The summed E-state index contributed by atoms with van der Waals surface area (Å²) in [6.07, 6.45) is 2.59. The van der Waals surface area contributed by atoms with Gasteiger partial charge in [0, 0.05) is 32.8 Å². The lowest BCUT2D eigenvalue weighted by atomic mass is 10.1. The third kappa shape index (κ3) is 6.29. The number of aliphatic imine (C=N–C) groups is 1. The lowest BCUT2D eigenvalue weighted by Gasteiger charge is -2.15. The van der Waals surface area contributed by atoms with Gasteiger partial charge in [0.05, 0.1) is 13.2 Å². The van der Waals surface area contributed by atoms with E-state index in [2.05, 4.69) is 46.0 Å². The van der Waals surface area contributed by atoms with Crippen LogP contribution < -0.4 is 15.4 Å². The van der Waals surface area contributed by atoms with E-state index in [1.54, 1.807) is 14.2 Å². The number of nitrogens with zero attached hydrogens (tertiary/aromatic N) is 1. The van der Waals surface area contributed by atoms with E-state index >= 15 is 0 Å². The highest BCUT2D eigenvalue weighted by Crippen LogP contribution is 2.30. The molecule has 0 aromatic heterocycles. The van der Waals surface area contributed by atoms with Gasteiger partial charge in [-0.25, -0.2) is 0 Å². The van der Waals surface area contributed by atoms with E-state index in [9.17, 15) is 0 Å². The van der Waals surface area contributed by atoms with Crippen LogP contribution in [-0.4, -0.2) is 26.7 Å². The van der Waals surface area contributed by atoms with Gasteiger partial charge >= 0.3 is 0 Å². The van der Waals surface area contributed by atoms with Gasteiger partial charge in [-0.15, -0.1) is 0 Å². The van der Waals surface area contributed by atoms with Crippen LogP contribution in [0.15, 0.2) is 53.5 Å². The van der Waals surface area contributed by atoms with Crippen LogP contribution in [0, 0.1) is 5.92 Å². The Balaban J connectivity index is 1.49. The van der Waals surface area contributed by atoms with E-state index in [1.807, 2.05) is 18.2 Å². The quantitative estimate of drug-likeness (QED) is 0.526. The second kappa shape index (κ2) is 9.97. The van der Waals surface area contributed by atoms with Crippen LogP contribution in [0.2, 0.25) is 0 Å². The summed E-state index contributed by atoms with van der Waals surface area (Å²) in [5, 5.41) is 6.72. The lowest BCUT2D eigenvalue weighted by molar-refractivity contribution is 0.185. The van der Waals surface area contributed by atoms with Crippen LogP contribution in [0.4, 0.5) is 0 Å². The minimum Gasteiger partial charge on any atom is -0.493 e. The van der Waals surface area contributed by atoms with Crippen LogP contribution in [0.25, 0.3) is 0 Å². The molecule has 0 unspecified atom stereocenters. The first-order chi connectivity index (χ1) is 13.3. The second-order valence-electron chi connectivity index (χ2n) is 6.89. The number of rotatable bonds is 9. The molecule has 144 valence electrons. The highest BCUT2D eigenvalue weighted by molar-refractivity contribution is 5.79. The molecule has 2 aromatic rings. The van der Waals surface area contributed by atoms with Gasteiger partial charge in [0.2, 0.25) is 0 Å². The van der Waals surface area contributed by atoms with E-state index < -0.39 is 0 Å². The molecule has 5 nitrogen and oxygen atoms in total. The Kier molecular flexibility index (Phi) is 7.11. The zero-order chi connectivity index (χ0) is 18.9. The Hall–Kier alpha value is -2.53. The number of para-hydroxylation sites is 1. The topological polar surface area (TPSA) is 54.9 Å². The highest BCUT2D eigenvalue weighted by atomic mass is 16.5. The Morgan fingerprint density at radius 2 is 1.70 bits per heavy atom. The normalized spacial score (nSPS) is 14.1. The number of methoxy groups -OCH3 is 1. The van der Waals surface area contributed by atoms with Gasteiger partial charge in [-0.3, -0.25) is 4.99 Å². The number of hydrogen-bond acceptors (Lipinski definition) is 3. The smallest absolute Gasteiger partial charge is 0.191 e. The first-order valence-corrected chi connectivity index (χ1v) is 9.50. The first-order valence-electron chi connectivity index (χ1n) is 9.50. The van der Waals surface area contributed by atoms with Crippen molar-refractivity contribution in [2.24, 2.45) is 10.9 Å². The summed E-state index contributed by atoms with van der Waals surface area (Å²) in [5.74, 6) is 2.48. The fourth-order valence-electron chi connectivity index (χ4n) is 2.79. The fourth-order valence-corrected chi connectivity index (χ4v) is 2.79. The maximum absolute atomic E-state index is 5.98. The lowest BCUT2D eigenvalue weighted by Crippen LogP contribution is -2.36. The minimum absolute atomic E-state index is 0.638. The molecule has 2 aromatic carbocycles. The van der Waals surface area contributed by atoms with Crippen molar-refractivity contribution in [1.29, 1.82) is 0 Å². The van der Waals surface area contributed by atoms with E-state index in [-0.39, 0.29) is 0 Å². The van der Waals surface area contributed by atoms with Crippen LogP contribution in [-0.2, 0) is 24.4 Å². The summed E-state index contributed by atoms with van der Waals surface area (Å²) in [7, 11) is 3.49. The highest BCUT2D eigenvalue weighted by Gasteiger charge is 2.22. The molecule has 1 aliphatic carbocycles. The summed E-state index contributed by atoms with van der Waals surface area (Å²) in [6.45, 7) is 2.85. The van der Waals surface area contributed by atoms with Gasteiger partial charge in [-0.05, 0) is 36.0 Å². The van der Waals surface area contributed by atoms with Gasteiger partial charge in [0.25, 0.3) is 0 Å². The van der Waals surface area contributed by atoms with Crippen molar-refractivity contribution in [3.05, 3.63) is 65.2 Å². The Morgan fingerprint density at radius 3 is 2.41 bits per heavy atom. The van der Waals surface area contributed by atoms with Gasteiger partial charge < -0.3 is 20.1 Å². The molecule has 1 aliphatic rings. The molecule has 0 atom stereocenters. The molecule has 27 heavy (non-hydrogen) atoms. The molecule has 0 aliphatic heterocycles. The average Bonchev–Trinajstić information content (AvgIpc) is 3.53. The number of guanidine groups is 1. The molecule has 3 rings (SSSR count). The van der Waals surface area contributed by atoms with Crippen LogP contribution >= 0.6 is 0 Å². The predicted molar refractivity (Wildman–Crippen MR) is 109 cm³/mol. The molecule has 0 saturated heterocycles. The van der Waals surface area contributed by atoms with Crippen molar-refractivity contribution in [1.82, 2.24) is 10.6 Å². The van der Waals surface area contributed by atoms with Crippen molar-refractivity contribution < 1.29 is 9.47 Å². The van der Waals surface area contributed by atoms with Crippen molar-refractivity contribution in [2.75, 3.05) is 20.8 Å².